The highest BCUT2D eigenvalue weighted by atomic mass is 19.3. The van der Waals surface area contributed by atoms with Gasteiger partial charge in [-0.05, 0) is 6.92 Å². The molecular weight excluding hydrogens is 161 g/mol. The van der Waals surface area contributed by atoms with E-state index in [0.29, 0.717) is 0 Å². The molecule has 1 aliphatic heterocycles. The number of hydrogen-bond acceptors (Lipinski definition) is 2. The van der Waals surface area contributed by atoms with Crippen molar-refractivity contribution < 1.29 is 22.6 Å². The number of ether oxygens (including phenoxy) is 2. The average molecular weight is 170 g/mol. The molecule has 0 aromatic heterocycles. The summed E-state index contributed by atoms with van der Waals surface area (Å²) >= 11 is 0. The Bertz CT molecular complexity index is 136. The predicted octanol–water partition coefficient (Wildman–Crippen LogP) is 1.35. The van der Waals surface area contributed by atoms with Crippen LogP contribution in [0.25, 0.3) is 0 Å². The summed E-state index contributed by atoms with van der Waals surface area (Å²) in [5.41, 5.74) is -0.851. The normalized spacial score (nSPS) is 24.8. The van der Waals surface area contributed by atoms with Gasteiger partial charge in [-0.25, -0.2) is 13.2 Å². The number of halogens is 3. The van der Waals surface area contributed by atoms with Crippen molar-refractivity contribution in [3.05, 3.63) is 0 Å². The van der Waals surface area contributed by atoms with Gasteiger partial charge in [0.25, 0.3) is 12.8 Å². The molecule has 1 fully saturated rings. The summed E-state index contributed by atoms with van der Waals surface area (Å²) in [4.78, 5) is 0. The SMILES string of the molecule is CC1(OC(F)C(F)F)COC1. The van der Waals surface area contributed by atoms with Crippen molar-refractivity contribution in [2.75, 3.05) is 13.2 Å². The van der Waals surface area contributed by atoms with Gasteiger partial charge in [0, 0.05) is 0 Å². The van der Waals surface area contributed by atoms with Crippen molar-refractivity contribution in [3.8, 4) is 0 Å². The molecule has 1 unspecified atom stereocenters. The van der Waals surface area contributed by atoms with Crippen LogP contribution < -0.4 is 0 Å². The predicted molar refractivity (Wildman–Crippen MR) is 31.2 cm³/mol. The molecule has 11 heavy (non-hydrogen) atoms. The van der Waals surface area contributed by atoms with E-state index < -0.39 is 18.4 Å². The van der Waals surface area contributed by atoms with E-state index in [0.717, 1.165) is 0 Å². The summed E-state index contributed by atoms with van der Waals surface area (Å²) in [6.07, 6.45) is -5.57. The second-order valence-corrected chi connectivity index (χ2v) is 2.75. The average Bonchev–Trinajstić information content (AvgIpc) is 1.84. The fourth-order valence-corrected chi connectivity index (χ4v) is 0.781. The smallest absolute Gasteiger partial charge is 0.293 e. The second-order valence-electron chi connectivity index (χ2n) is 2.75. The quantitative estimate of drug-likeness (QED) is 0.636. The van der Waals surface area contributed by atoms with Gasteiger partial charge >= 0.3 is 0 Å². The van der Waals surface area contributed by atoms with E-state index in [2.05, 4.69) is 9.47 Å². The summed E-state index contributed by atoms with van der Waals surface area (Å²) in [7, 11) is 0. The molecule has 0 aromatic rings. The zero-order valence-electron chi connectivity index (χ0n) is 6.02. The first-order chi connectivity index (χ1) is 5.03. The maximum Gasteiger partial charge on any atom is 0.293 e. The Balaban J connectivity index is 2.29. The highest BCUT2D eigenvalue weighted by Crippen LogP contribution is 2.24. The molecule has 0 aliphatic carbocycles. The van der Waals surface area contributed by atoms with Gasteiger partial charge in [0.15, 0.2) is 0 Å². The topological polar surface area (TPSA) is 18.5 Å². The fourth-order valence-electron chi connectivity index (χ4n) is 0.781. The van der Waals surface area contributed by atoms with Crippen LogP contribution in [-0.4, -0.2) is 31.6 Å². The highest BCUT2D eigenvalue weighted by Gasteiger charge is 2.39. The first-order valence-electron chi connectivity index (χ1n) is 3.21. The van der Waals surface area contributed by atoms with Crippen LogP contribution in [0.5, 0.6) is 0 Å². The minimum atomic E-state index is -3.08. The Kier molecular flexibility index (Phi) is 2.39. The van der Waals surface area contributed by atoms with Gasteiger partial charge in [-0.1, -0.05) is 0 Å². The largest absolute Gasteiger partial charge is 0.375 e. The molecule has 1 aliphatic rings. The van der Waals surface area contributed by atoms with Crippen molar-refractivity contribution in [2.45, 2.75) is 25.3 Å². The Morgan fingerprint density at radius 2 is 1.91 bits per heavy atom. The van der Waals surface area contributed by atoms with Gasteiger partial charge in [0.05, 0.1) is 13.2 Å². The molecule has 0 amide bonds. The molecule has 0 saturated carbocycles. The van der Waals surface area contributed by atoms with Crippen molar-refractivity contribution in [2.24, 2.45) is 0 Å². The van der Waals surface area contributed by atoms with Crippen LogP contribution in [0.4, 0.5) is 13.2 Å². The molecule has 66 valence electrons. The lowest BCUT2D eigenvalue weighted by Crippen LogP contribution is -2.51. The van der Waals surface area contributed by atoms with Gasteiger partial charge in [-0.3, -0.25) is 0 Å². The van der Waals surface area contributed by atoms with E-state index >= 15 is 0 Å². The van der Waals surface area contributed by atoms with Crippen molar-refractivity contribution in [1.29, 1.82) is 0 Å². The Labute approximate surface area is 62.3 Å². The van der Waals surface area contributed by atoms with Crippen LogP contribution in [0.3, 0.4) is 0 Å². The highest BCUT2D eigenvalue weighted by molar-refractivity contribution is 4.82. The van der Waals surface area contributed by atoms with Crippen LogP contribution in [0.1, 0.15) is 6.92 Å². The van der Waals surface area contributed by atoms with Gasteiger partial charge < -0.3 is 9.47 Å². The van der Waals surface area contributed by atoms with Gasteiger partial charge in [-0.2, -0.15) is 0 Å². The molecule has 0 aromatic carbocycles. The van der Waals surface area contributed by atoms with E-state index in [1.807, 2.05) is 0 Å². The molecule has 5 heteroatoms. The van der Waals surface area contributed by atoms with Crippen molar-refractivity contribution in [1.82, 2.24) is 0 Å². The number of hydrogen-bond donors (Lipinski definition) is 0. The van der Waals surface area contributed by atoms with Crippen LogP contribution in [0, 0.1) is 0 Å². The van der Waals surface area contributed by atoms with E-state index in [-0.39, 0.29) is 13.2 Å². The van der Waals surface area contributed by atoms with E-state index in [9.17, 15) is 13.2 Å². The molecule has 0 spiro atoms. The second kappa shape index (κ2) is 2.98. The lowest BCUT2D eigenvalue weighted by Gasteiger charge is -2.38. The maximum atomic E-state index is 12.2. The molecular formula is C6H9F3O2. The molecule has 1 atom stereocenters. The molecule has 2 nitrogen and oxygen atoms in total. The van der Waals surface area contributed by atoms with Crippen LogP contribution in [0.15, 0.2) is 0 Å². The zero-order chi connectivity index (χ0) is 8.48. The summed E-state index contributed by atoms with van der Waals surface area (Å²) < 4.78 is 44.4. The number of rotatable bonds is 3. The van der Waals surface area contributed by atoms with Crippen molar-refractivity contribution >= 4 is 0 Å². The standard InChI is InChI=1S/C6H9F3O2/c1-6(2-10-3-6)11-5(9)4(7)8/h4-5H,2-3H2,1H3. The van der Waals surface area contributed by atoms with Crippen LogP contribution >= 0.6 is 0 Å². The maximum absolute atomic E-state index is 12.2. The van der Waals surface area contributed by atoms with Crippen LogP contribution in [-0.2, 0) is 9.47 Å². The van der Waals surface area contributed by atoms with E-state index in [4.69, 9.17) is 0 Å². The minimum absolute atomic E-state index is 0.181. The molecule has 1 heterocycles. The fraction of sp³-hybridized carbons (Fsp3) is 1.00. The first kappa shape index (κ1) is 8.80. The van der Waals surface area contributed by atoms with Crippen molar-refractivity contribution in [3.63, 3.8) is 0 Å². The third kappa shape index (κ3) is 2.07. The summed E-state index contributed by atoms with van der Waals surface area (Å²) in [5, 5.41) is 0. The van der Waals surface area contributed by atoms with Crippen LogP contribution in [0.2, 0.25) is 0 Å². The Hall–Kier alpha value is -0.290. The molecule has 1 saturated heterocycles. The molecule has 1 rings (SSSR count). The molecule has 0 N–H and O–H groups in total. The zero-order valence-corrected chi connectivity index (χ0v) is 6.02. The lowest BCUT2D eigenvalue weighted by molar-refractivity contribution is -0.269. The monoisotopic (exact) mass is 170 g/mol. The summed E-state index contributed by atoms with van der Waals surface area (Å²) in [6, 6.07) is 0. The minimum Gasteiger partial charge on any atom is -0.375 e. The third-order valence-electron chi connectivity index (χ3n) is 1.41. The summed E-state index contributed by atoms with van der Waals surface area (Å²) in [5.74, 6) is 0. The summed E-state index contributed by atoms with van der Waals surface area (Å²) in [6.45, 7) is 1.89. The first-order valence-corrected chi connectivity index (χ1v) is 3.21. The molecule has 0 radical (unpaired) electrons. The van der Waals surface area contributed by atoms with Gasteiger partial charge in [0.1, 0.15) is 5.60 Å². The van der Waals surface area contributed by atoms with E-state index in [1.54, 1.807) is 0 Å². The molecule has 0 bridgehead atoms. The number of alkyl halides is 3. The van der Waals surface area contributed by atoms with Gasteiger partial charge in [-0.15, -0.1) is 0 Å². The van der Waals surface area contributed by atoms with Gasteiger partial charge in [0.2, 0.25) is 0 Å². The Morgan fingerprint density at radius 3 is 2.18 bits per heavy atom. The third-order valence-corrected chi connectivity index (χ3v) is 1.41. The van der Waals surface area contributed by atoms with E-state index in [1.165, 1.54) is 6.92 Å². The lowest BCUT2D eigenvalue weighted by atomic mass is 10.1. The Morgan fingerprint density at radius 1 is 1.36 bits per heavy atom.